The van der Waals surface area contributed by atoms with E-state index in [4.69, 9.17) is 12.4 Å². The second-order valence-corrected chi connectivity index (χ2v) is 2.67. The third-order valence-corrected chi connectivity index (χ3v) is 1.73. The summed E-state index contributed by atoms with van der Waals surface area (Å²) in [4.78, 5) is 0. The number of hydrogen-bond donors (Lipinski definition) is 0. The van der Waals surface area contributed by atoms with Crippen LogP contribution in [0.25, 0.3) is 10.9 Å². The summed E-state index contributed by atoms with van der Waals surface area (Å²) in [5.74, 6) is 0. The highest BCUT2D eigenvalue weighted by Gasteiger charge is 1.94. The molecule has 1 heterocycles. The first-order valence-electron chi connectivity index (χ1n) is 3.51. The molecule has 4 heteroatoms. The van der Waals surface area contributed by atoms with E-state index in [-0.39, 0.29) is 0 Å². The minimum Gasteiger partial charge on any atom is -0.0615 e. The summed E-state index contributed by atoms with van der Waals surface area (Å²) in [5.41, 5.74) is 0.852. The molecule has 0 aliphatic heterocycles. The maximum absolute atomic E-state index is 4.80. The van der Waals surface area contributed by atoms with Gasteiger partial charge in [0.15, 0.2) is 0 Å². The third-order valence-electron chi connectivity index (χ3n) is 1.55. The van der Waals surface area contributed by atoms with Crippen molar-refractivity contribution in [3.05, 3.63) is 36.5 Å². The molecule has 0 unspecified atom stereocenters. The highest BCUT2D eigenvalue weighted by atomic mass is 32.1. The van der Waals surface area contributed by atoms with Crippen LogP contribution < -0.4 is 3.84 Å². The summed E-state index contributed by atoms with van der Waals surface area (Å²) in [7, 11) is 0. The quantitative estimate of drug-likeness (QED) is 0.564. The van der Waals surface area contributed by atoms with Crippen molar-refractivity contribution in [2.45, 2.75) is 0 Å². The van der Waals surface area contributed by atoms with Crippen molar-refractivity contribution < 1.29 is 3.84 Å². The van der Waals surface area contributed by atoms with E-state index < -0.39 is 0 Å². The molecular formula is C8H6N3S+. The lowest BCUT2D eigenvalue weighted by atomic mass is 10.2. The molecule has 0 bridgehead atoms. The van der Waals surface area contributed by atoms with Crippen molar-refractivity contribution in [1.82, 2.24) is 10.2 Å². The van der Waals surface area contributed by atoms with Gasteiger partial charge in [0.2, 0.25) is 0 Å². The Labute approximate surface area is 74.5 Å². The van der Waals surface area contributed by atoms with Crippen LogP contribution in [-0.4, -0.2) is 10.2 Å². The minimum absolute atomic E-state index is 0.852. The Morgan fingerprint density at radius 2 is 2.00 bits per heavy atom. The predicted octanol–water partition coefficient (Wildman–Crippen LogP) is 1.16. The second-order valence-electron chi connectivity index (χ2n) is 2.34. The lowest BCUT2D eigenvalue weighted by Gasteiger charge is -1.82. The summed E-state index contributed by atoms with van der Waals surface area (Å²) in [6, 6.07) is 9.63. The highest BCUT2D eigenvalue weighted by molar-refractivity contribution is 7.66. The van der Waals surface area contributed by atoms with Crippen LogP contribution in [0, 0.1) is 0 Å². The number of benzene rings is 1. The molecule has 0 radical (unpaired) electrons. The van der Waals surface area contributed by atoms with Crippen LogP contribution >= 0.6 is 12.4 Å². The van der Waals surface area contributed by atoms with Crippen LogP contribution in [0.2, 0.25) is 0 Å². The van der Waals surface area contributed by atoms with Crippen LogP contribution in [0.15, 0.2) is 36.5 Å². The molecule has 2 rings (SSSR count). The molecule has 0 aliphatic rings. The van der Waals surface area contributed by atoms with Crippen LogP contribution in [0.4, 0.5) is 0 Å². The highest BCUT2D eigenvalue weighted by Crippen LogP contribution is 2.05. The standard InChI is InChI=1S/C8H6N3S/c12-11-9-6-5-7-3-1-2-4-8(7)10-11/h1-6H/q+1. The van der Waals surface area contributed by atoms with Crippen LogP contribution in [0.3, 0.4) is 0 Å². The molecule has 0 fully saturated rings. The van der Waals surface area contributed by atoms with Crippen molar-refractivity contribution >= 4 is 23.3 Å². The van der Waals surface area contributed by atoms with Gasteiger partial charge >= 0.3 is 12.4 Å². The Balaban J connectivity index is 2.98. The first-order valence-corrected chi connectivity index (χ1v) is 3.88. The molecule has 0 saturated heterocycles. The number of aromatic nitrogens is 3. The van der Waals surface area contributed by atoms with Crippen molar-refractivity contribution in [1.29, 1.82) is 0 Å². The topological polar surface area (TPSA) is 31.7 Å². The molecule has 2 aromatic rings. The van der Waals surface area contributed by atoms with Crippen molar-refractivity contribution in [2.24, 2.45) is 0 Å². The largest absolute Gasteiger partial charge is 0.339 e. The normalized spacial score (nSPS) is 10.0. The van der Waals surface area contributed by atoms with Crippen LogP contribution in [0.1, 0.15) is 0 Å². The molecule has 0 N–H and O–H groups in total. The van der Waals surface area contributed by atoms with E-state index in [0.29, 0.717) is 0 Å². The molecule has 0 spiro atoms. The fourth-order valence-electron chi connectivity index (χ4n) is 1.01. The fourth-order valence-corrected chi connectivity index (χ4v) is 1.15. The van der Waals surface area contributed by atoms with Crippen molar-refractivity contribution in [3.8, 4) is 0 Å². The zero-order chi connectivity index (χ0) is 8.39. The number of nitrogens with zero attached hydrogens (tertiary/aromatic N) is 3. The van der Waals surface area contributed by atoms with E-state index >= 15 is 0 Å². The smallest absolute Gasteiger partial charge is 0.0615 e. The van der Waals surface area contributed by atoms with Gasteiger partial charge in [-0.15, -0.1) is 0 Å². The Hall–Kier alpha value is -1.42. The summed E-state index contributed by atoms with van der Waals surface area (Å²) < 4.78 is 1.14. The zero-order valence-electron chi connectivity index (χ0n) is 6.21. The minimum atomic E-state index is 0.852. The molecule has 58 valence electrons. The van der Waals surface area contributed by atoms with Gasteiger partial charge in [0.1, 0.15) is 9.36 Å². The van der Waals surface area contributed by atoms with Gasteiger partial charge in [-0.3, -0.25) is 0 Å². The van der Waals surface area contributed by atoms with Gasteiger partial charge in [0.25, 0.3) is 0 Å². The molecule has 12 heavy (non-hydrogen) atoms. The SMILES string of the molecule is S=[n+]1nccc2ccccc2n1. The number of fused-ring (bicyclic) bond motifs is 1. The Bertz CT molecular complexity index is 469. The van der Waals surface area contributed by atoms with E-state index in [2.05, 4.69) is 10.2 Å². The molecule has 1 aromatic heterocycles. The van der Waals surface area contributed by atoms with E-state index in [1.54, 1.807) is 6.20 Å². The Morgan fingerprint density at radius 3 is 2.92 bits per heavy atom. The average Bonchev–Trinajstić information content (AvgIpc) is 2.25. The Morgan fingerprint density at radius 1 is 1.17 bits per heavy atom. The van der Waals surface area contributed by atoms with E-state index in [9.17, 15) is 0 Å². The van der Waals surface area contributed by atoms with Crippen molar-refractivity contribution in [3.63, 3.8) is 0 Å². The summed E-state index contributed by atoms with van der Waals surface area (Å²) in [5, 5.41) is 8.93. The number of hydrogen-bond acceptors (Lipinski definition) is 3. The first kappa shape index (κ1) is 7.24. The van der Waals surface area contributed by atoms with Crippen molar-refractivity contribution in [2.75, 3.05) is 0 Å². The monoisotopic (exact) mass is 176 g/mol. The maximum Gasteiger partial charge on any atom is 0.339 e. The summed E-state index contributed by atoms with van der Waals surface area (Å²) >= 11 is 4.80. The lowest BCUT2D eigenvalue weighted by Crippen LogP contribution is -2.17. The Kier molecular flexibility index (Phi) is 1.75. The van der Waals surface area contributed by atoms with Gasteiger partial charge in [-0.05, 0) is 12.1 Å². The molecule has 0 aliphatic carbocycles. The lowest BCUT2D eigenvalue weighted by molar-refractivity contribution is -0.571. The third kappa shape index (κ3) is 1.29. The summed E-state index contributed by atoms with van der Waals surface area (Å²) in [6.07, 6.45) is 1.64. The molecule has 0 atom stereocenters. The van der Waals surface area contributed by atoms with Crippen LogP contribution in [0.5, 0.6) is 0 Å². The molecule has 3 nitrogen and oxygen atoms in total. The van der Waals surface area contributed by atoms with Gasteiger partial charge in [-0.1, -0.05) is 18.2 Å². The van der Waals surface area contributed by atoms with E-state index in [1.807, 2.05) is 30.3 Å². The fraction of sp³-hybridized carbons (Fsp3) is 0. The number of rotatable bonds is 0. The molecular weight excluding hydrogens is 170 g/mol. The average molecular weight is 176 g/mol. The first-order chi connectivity index (χ1) is 5.86. The second kappa shape index (κ2) is 2.91. The molecule has 1 aromatic carbocycles. The van der Waals surface area contributed by atoms with Crippen LogP contribution in [-0.2, 0) is 0 Å². The van der Waals surface area contributed by atoms with E-state index in [1.165, 1.54) is 0 Å². The van der Waals surface area contributed by atoms with Gasteiger partial charge in [-0.25, -0.2) is 0 Å². The van der Waals surface area contributed by atoms with Gasteiger partial charge in [0.05, 0.1) is 6.20 Å². The maximum atomic E-state index is 4.80. The van der Waals surface area contributed by atoms with Gasteiger partial charge < -0.3 is 0 Å². The van der Waals surface area contributed by atoms with Gasteiger partial charge in [-0.2, -0.15) is 0 Å². The predicted molar refractivity (Wildman–Crippen MR) is 47.1 cm³/mol. The van der Waals surface area contributed by atoms with E-state index in [0.717, 1.165) is 14.7 Å². The molecule has 0 amide bonds. The molecule has 0 saturated carbocycles. The zero-order valence-corrected chi connectivity index (χ0v) is 7.03. The summed E-state index contributed by atoms with van der Waals surface area (Å²) in [6.45, 7) is 0. The van der Waals surface area contributed by atoms with Gasteiger partial charge in [0, 0.05) is 15.6 Å².